The first-order valence-corrected chi connectivity index (χ1v) is 7.02. The number of ether oxygens (including phenoxy) is 1. The van der Waals surface area contributed by atoms with E-state index in [9.17, 15) is 5.11 Å². The van der Waals surface area contributed by atoms with Gasteiger partial charge >= 0.3 is 0 Å². The molecule has 0 aliphatic rings. The topological polar surface area (TPSA) is 41.5 Å². The molecule has 0 amide bonds. The second-order valence-corrected chi connectivity index (χ2v) is 5.25. The largest absolute Gasteiger partial charge is 0.497 e. The van der Waals surface area contributed by atoms with Crippen molar-refractivity contribution in [3.8, 4) is 5.75 Å². The van der Waals surface area contributed by atoms with E-state index in [4.69, 9.17) is 4.74 Å². The van der Waals surface area contributed by atoms with Crippen LogP contribution in [0.4, 0.5) is 0 Å². The predicted molar refractivity (Wildman–Crippen MR) is 73.7 cm³/mol. The maximum Gasteiger partial charge on any atom is 0.118 e. The van der Waals surface area contributed by atoms with E-state index in [1.54, 1.807) is 18.9 Å². The predicted octanol–water partition coefficient (Wildman–Crippen LogP) is 1.90. The molecule has 0 aliphatic carbocycles. The summed E-state index contributed by atoms with van der Waals surface area (Å²) in [6.45, 7) is 3.21. The van der Waals surface area contributed by atoms with Gasteiger partial charge in [0.2, 0.25) is 0 Å². The average Bonchev–Trinajstić information content (AvgIpc) is 2.29. The van der Waals surface area contributed by atoms with E-state index < -0.39 is 5.60 Å². The monoisotopic (exact) mass is 255 g/mol. The summed E-state index contributed by atoms with van der Waals surface area (Å²) < 4.78 is 5.10. The van der Waals surface area contributed by atoms with Crippen molar-refractivity contribution in [2.75, 3.05) is 25.7 Å². The van der Waals surface area contributed by atoms with Crippen LogP contribution in [0.15, 0.2) is 24.3 Å². The molecular formula is C13H21NO2S. The number of nitrogens with one attached hydrogen (secondary N) is 1. The molecule has 0 bridgehead atoms. The lowest BCUT2D eigenvalue weighted by atomic mass is 10.1. The number of benzene rings is 1. The van der Waals surface area contributed by atoms with Crippen molar-refractivity contribution in [2.45, 2.75) is 19.1 Å². The fourth-order valence-corrected chi connectivity index (χ4v) is 2.31. The van der Waals surface area contributed by atoms with E-state index in [1.807, 2.05) is 37.4 Å². The molecule has 3 nitrogen and oxygen atoms in total. The third kappa shape index (κ3) is 5.44. The van der Waals surface area contributed by atoms with Gasteiger partial charge in [-0.1, -0.05) is 12.1 Å². The molecule has 2 N–H and O–H groups in total. The molecule has 0 radical (unpaired) electrons. The van der Waals surface area contributed by atoms with Gasteiger partial charge in [-0.05, 0) is 30.9 Å². The number of rotatable bonds is 7. The second-order valence-electron chi connectivity index (χ2n) is 4.38. The van der Waals surface area contributed by atoms with Crippen molar-refractivity contribution >= 4 is 11.8 Å². The Hall–Kier alpha value is -0.710. The van der Waals surface area contributed by atoms with Gasteiger partial charge in [0.05, 0.1) is 12.7 Å². The molecule has 96 valence electrons. The lowest BCUT2D eigenvalue weighted by Crippen LogP contribution is -2.39. The van der Waals surface area contributed by atoms with E-state index in [0.717, 1.165) is 18.0 Å². The summed E-state index contributed by atoms with van der Waals surface area (Å²) in [6.07, 6.45) is 2.00. The summed E-state index contributed by atoms with van der Waals surface area (Å²) in [4.78, 5) is 0. The van der Waals surface area contributed by atoms with E-state index in [1.165, 1.54) is 5.56 Å². The maximum atomic E-state index is 9.97. The molecule has 0 spiro atoms. The van der Waals surface area contributed by atoms with Crippen LogP contribution in [0.25, 0.3) is 0 Å². The zero-order valence-electron chi connectivity index (χ0n) is 10.7. The first-order valence-electron chi connectivity index (χ1n) is 5.62. The van der Waals surface area contributed by atoms with Crippen LogP contribution in [0.1, 0.15) is 12.5 Å². The van der Waals surface area contributed by atoms with Gasteiger partial charge in [-0.3, -0.25) is 0 Å². The van der Waals surface area contributed by atoms with Crippen LogP contribution in [-0.2, 0) is 6.54 Å². The molecule has 1 aromatic rings. The van der Waals surface area contributed by atoms with Crippen molar-refractivity contribution in [2.24, 2.45) is 0 Å². The van der Waals surface area contributed by atoms with Crippen LogP contribution in [0.2, 0.25) is 0 Å². The Balaban J connectivity index is 2.35. The number of thioether (sulfide) groups is 1. The lowest BCUT2D eigenvalue weighted by Gasteiger charge is -2.22. The summed E-state index contributed by atoms with van der Waals surface area (Å²) in [7, 11) is 1.66. The van der Waals surface area contributed by atoms with Crippen LogP contribution in [0.5, 0.6) is 5.75 Å². The fraction of sp³-hybridized carbons (Fsp3) is 0.538. The van der Waals surface area contributed by atoms with E-state index in [-0.39, 0.29) is 0 Å². The van der Waals surface area contributed by atoms with Crippen molar-refractivity contribution in [1.29, 1.82) is 0 Å². The van der Waals surface area contributed by atoms with Crippen molar-refractivity contribution in [3.05, 3.63) is 29.8 Å². The van der Waals surface area contributed by atoms with Crippen molar-refractivity contribution < 1.29 is 9.84 Å². The highest BCUT2D eigenvalue weighted by atomic mass is 32.2. The minimum Gasteiger partial charge on any atom is -0.497 e. The molecule has 0 saturated heterocycles. The van der Waals surface area contributed by atoms with Gasteiger partial charge in [0.1, 0.15) is 5.75 Å². The lowest BCUT2D eigenvalue weighted by molar-refractivity contribution is 0.0846. The Morgan fingerprint density at radius 1 is 1.35 bits per heavy atom. The average molecular weight is 255 g/mol. The number of methoxy groups -OCH3 is 1. The molecule has 1 unspecified atom stereocenters. The third-order valence-electron chi connectivity index (χ3n) is 2.45. The molecule has 0 aromatic heterocycles. The Kier molecular flexibility index (Phi) is 5.82. The Morgan fingerprint density at radius 3 is 2.53 bits per heavy atom. The van der Waals surface area contributed by atoms with Gasteiger partial charge in [0.25, 0.3) is 0 Å². The molecule has 0 heterocycles. The van der Waals surface area contributed by atoms with Gasteiger partial charge in [-0.2, -0.15) is 11.8 Å². The normalized spacial score (nSPS) is 14.4. The summed E-state index contributed by atoms with van der Waals surface area (Å²) in [5.74, 6) is 1.60. The standard InChI is InChI=1S/C13H21NO2S/c1-13(15,10-17-3)9-14-8-11-4-6-12(16-2)7-5-11/h4-7,14-15H,8-10H2,1-3H3. The fourth-order valence-electron chi connectivity index (χ4n) is 1.58. The zero-order chi connectivity index (χ0) is 12.7. The number of aliphatic hydroxyl groups is 1. The van der Waals surface area contributed by atoms with Crippen molar-refractivity contribution in [3.63, 3.8) is 0 Å². The van der Waals surface area contributed by atoms with Crippen LogP contribution >= 0.6 is 11.8 Å². The highest BCUT2D eigenvalue weighted by Gasteiger charge is 2.18. The minimum atomic E-state index is -0.647. The second kappa shape index (κ2) is 6.89. The van der Waals surface area contributed by atoms with Crippen LogP contribution in [-0.4, -0.2) is 36.4 Å². The molecule has 1 atom stereocenters. The molecule has 0 fully saturated rings. The molecule has 0 saturated carbocycles. The maximum absolute atomic E-state index is 9.97. The first-order chi connectivity index (χ1) is 8.07. The summed E-state index contributed by atoms with van der Waals surface area (Å²) >= 11 is 1.65. The Labute approximate surface area is 108 Å². The molecule has 0 aliphatic heterocycles. The number of hydrogen-bond donors (Lipinski definition) is 2. The first kappa shape index (κ1) is 14.4. The SMILES string of the molecule is COc1ccc(CNCC(C)(O)CSC)cc1. The van der Waals surface area contributed by atoms with Crippen molar-refractivity contribution in [1.82, 2.24) is 5.32 Å². The molecular weight excluding hydrogens is 234 g/mol. The highest BCUT2D eigenvalue weighted by molar-refractivity contribution is 7.98. The van der Waals surface area contributed by atoms with Crippen LogP contribution < -0.4 is 10.1 Å². The zero-order valence-corrected chi connectivity index (χ0v) is 11.5. The van der Waals surface area contributed by atoms with Crippen LogP contribution in [0, 0.1) is 0 Å². The molecule has 17 heavy (non-hydrogen) atoms. The minimum absolute atomic E-state index is 0.597. The summed E-state index contributed by atoms with van der Waals surface area (Å²) in [5, 5.41) is 13.2. The van der Waals surface area contributed by atoms with Gasteiger partial charge in [-0.25, -0.2) is 0 Å². The van der Waals surface area contributed by atoms with E-state index >= 15 is 0 Å². The van der Waals surface area contributed by atoms with Gasteiger partial charge in [0.15, 0.2) is 0 Å². The van der Waals surface area contributed by atoms with E-state index in [2.05, 4.69) is 5.32 Å². The summed E-state index contributed by atoms with van der Waals surface area (Å²) in [5.41, 5.74) is 0.539. The van der Waals surface area contributed by atoms with E-state index in [0.29, 0.717) is 6.54 Å². The van der Waals surface area contributed by atoms with Crippen LogP contribution in [0.3, 0.4) is 0 Å². The summed E-state index contributed by atoms with van der Waals surface area (Å²) in [6, 6.07) is 7.93. The quantitative estimate of drug-likeness (QED) is 0.781. The van der Waals surface area contributed by atoms with Gasteiger partial charge in [0, 0.05) is 18.8 Å². The number of hydrogen-bond acceptors (Lipinski definition) is 4. The van der Waals surface area contributed by atoms with Gasteiger partial charge < -0.3 is 15.2 Å². The smallest absolute Gasteiger partial charge is 0.118 e. The Morgan fingerprint density at radius 2 is 2.00 bits per heavy atom. The molecule has 4 heteroatoms. The Bertz CT molecular complexity index is 325. The molecule has 1 aromatic carbocycles. The molecule has 1 rings (SSSR count). The third-order valence-corrected chi connectivity index (χ3v) is 3.36. The van der Waals surface area contributed by atoms with Gasteiger partial charge in [-0.15, -0.1) is 0 Å². The highest BCUT2D eigenvalue weighted by Crippen LogP contribution is 2.12.